The molecule has 0 N–H and O–H groups in total. The molecular formula is C15H11F2IO2. The number of Topliss-reactive ketones (excluding diaryl/α,β-unsaturated/α-hetero) is 1. The summed E-state index contributed by atoms with van der Waals surface area (Å²) in [7, 11) is 0. The zero-order chi connectivity index (χ0) is 14.7. The molecule has 0 aliphatic heterocycles. The van der Waals surface area contributed by atoms with Gasteiger partial charge in [-0.2, -0.15) is 0 Å². The number of hydrogen-bond acceptors (Lipinski definition) is 2. The van der Waals surface area contributed by atoms with Gasteiger partial charge in [-0.3, -0.25) is 4.79 Å². The minimum absolute atomic E-state index is 0.176. The molecule has 2 nitrogen and oxygen atoms in total. The highest BCUT2D eigenvalue weighted by Gasteiger charge is 2.20. The molecule has 0 radical (unpaired) electrons. The molecule has 2 rings (SSSR count). The number of carbonyl (C=O) groups excluding carboxylic acids is 1. The maximum Gasteiger partial charge on any atom is 0.205 e. The lowest BCUT2D eigenvalue weighted by Gasteiger charge is -2.14. The monoisotopic (exact) mass is 388 g/mol. The van der Waals surface area contributed by atoms with Gasteiger partial charge >= 0.3 is 0 Å². The molecule has 0 amide bonds. The molecular weight excluding hydrogens is 377 g/mol. The van der Waals surface area contributed by atoms with Crippen molar-refractivity contribution in [1.29, 1.82) is 0 Å². The van der Waals surface area contributed by atoms with Gasteiger partial charge in [-0.1, -0.05) is 0 Å². The second-order valence-electron chi connectivity index (χ2n) is 4.20. The number of halogens is 3. The molecule has 0 saturated carbocycles. The first-order valence-corrected chi connectivity index (χ1v) is 6.97. The van der Waals surface area contributed by atoms with Gasteiger partial charge in [-0.15, -0.1) is 0 Å². The van der Waals surface area contributed by atoms with E-state index in [1.807, 2.05) is 12.1 Å². The van der Waals surface area contributed by atoms with Gasteiger partial charge in [0.25, 0.3) is 0 Å². The lowest BCUT2D eigenvalue weighted by molar-refractivity contribution is 0.0813. The first-order valence-electron chi connectivity index (χ1n) is 5.89. The second kappa shape index (κ2) is 6.30. The van der Waals surface area contributed by atoms with E-state index in [9.17, 15) is 13.6 Å². The highest BCUT2D eigenvalue weighted by molar-refractivity contribution is 14.1. The van der Waals surface area contributed by atoms with E-state index >= 15 is 0 Å². The molecule has 104 valence electrons. The van der Waals surface area contributed by atoms with Crippen LogP contribution in [0.1, 0.15) is 17.3 Å². The van der Waals surface area contributed by atoms with Crippen molar-refractivity contribution in [2.24, 2.45) is 0 Å². The Morgan fingerprint density at radius 1 is 1.15 bits per heavy atom. The summed E-state index contributed by atoms with van der Waals surface area (Å²) in [6.45, 7) is 1.53. The molecule has 0 saturated heterocycles. The standard InChI is InChI=1S/C15H11F2IO2/c1-9(20-12-5-3-11(18)4-6-12)15(19)13-7-2-10(16)8-14(13)17/h2-9H,1H3. The van der Waals surface area contributed by atoms with Crippen LogP contribution in [0.25, 0.3) is 0 Å². The van der Waals surface area contributed by atoms with Crippen LogP contribution < -0.4 is 4.74 Å². The van der Waals surface area contributed by atoms with Gasteiger partial charge in [0, 0.05) is 9.64 Å². The van der Waals surface area contributed by atoms with Crippen LogP contribution in [-0.4, -0.2) is 11.9 Å². The van der Waals surface area contributed by atoms with Crippen LogP contribution in [0.5, 0.6) is 5.75 Å². The Hall–Kier alpha value is -1.50. The van der Waals surface area contributed by atoms with E-state index in [0.29, 0.717) is 11.8 Å². The zero-order valence-corrected chi connectivity index (χ0v) is 12.7. The summed E-state index contributed by atoms with van der Waals surface area (Å²) in [6, 6.07) is 10.00. The van der Waals surface area contributed by atoms with Crippen LogP contribution in [0, 0.1) is 15.2 Å². The summed E-state index contributed by atoms with van der Waals surface area (Å²) in [6.07, 6.45) is -0.852. The van der Waals surface area contributed by atoms with Gasteiger partial charge in [-0.25, -0.2) is 8.78 Å². The van der Waals surface area contributed by atoms with Gasteiger partial charge in [0.1, 0.15) is 17.4 Å². The number of hydrogen-bond donors (Lipinski definition) is 0. The van der Waals surface area contributed by atoms with Gasteiger partial charge in [0.2, 0.25) is 5.78 Å². The minimum atomic E-state index is -0.881. The van der Waals surface area contributed by atoms with Gasteiger partial charge < -0.3 is 4.74 Å². The smallest absolute Gasteiger partial charge is 0.205 e. The molecule has 20 heavy (non-hydrogen) atoms. The quantitative estimate of drug-likeness (QED) is 0.579. The predicted molar refractivity (Wildman–Crippen MR) is 79.9 cm³/mol. The Morgan fingerprint density at radius 2 is 1.80 bits per heavy atom. The summed E-state index contributed by atoms with van der Waals surface area (Å²) >= 11 is 2.15. The highest BCUT2D eigenvalue weighted by Crippen LogP contribution is 2.18. The maximum atomic E-state index is 13.5. The fourth-order valence-electron chi connectivity index (χ4n) is 1.68. The van der Waals surface area contributed by atoms with E-state index in [2.05, 4.69) is 22.6 Å². The van der Waals surface area contributed by atoms with Crippen LogP contribution in [0.3, 0.4) is 0 Å². The van der Waals surface area contributed by atoms with Crippen molar-refractivity contribution in [2.75, 3.05) is 0 Å². The molecule has 1 atom stereocenters. The maximum absolute atomic E-state index is 13.5. The SMILES string of the molecule is CC(Oc1ccc(I)cc1)C(=O)c1ccc(F)cc1F. The van der Waals surface area contributed by atoms with Crippen LogP contribution in [0.4, 0.5) is 8.78 Å². The van der Waals surface area contributed by atoms with Crippen molar-refractivity contribution < 1.29 is 18.3 Å². The molecule has 0 bridgehead atoms. The van der Waals surface area contributed by atoms with Crippen molar-refractivity contribution in [3.63, 3.8) is 0 Å². The van der Waals surface area contributed by atoms with Crippen LogP contribution >= 0.6 is 22.6 Å². The number of ketones is 1. The molecule has 0 aliphatic carbocycles. The third kappa shape index (κ3) is 3.53. The Morgan fingerprint density at radius 3 is 2.40 bits per heavy atom. The molecule has 0 aliphatic rings. The Bertz CT molecular complexity index is 626. The fraction of sp³-hybridized carbons (Fsp3) is 0.133. The summed E-state index contributed by atoms with van der Waals surface area (Å²) < 4.78 is 32.8. The van der Waals surface area contributed by atoms with Crippen molar-refractivity contribution in [2.45, 2.75) is 13.0 Å². The number of ether oxygens (including phenoxy) is 1. The van der Waals surface area contributed by atoms with Crippen LogP contribution in [-0.2, 0) is 0 Å². The molecule has 0 spiro atoms. The molecule has 2 aromatic rings. The summed E-state index contributed by atoms with van der Waals surface area (Å²) in [5.74, 6) is -1.60. The second-order valence-corrected chi connectivity index (χ2v) is 5.45. The van der Waals surface area contributed by atoms with E-state index in [4.69, 9.17) is 4.74 Å². The van der Waals surface area contributed by atoms with E-state index < -0.39 is 23.5 Å². The Labute approximate surface area is 128 Å². The largest absolute Gasteiger partial charge is 0.483 e. The average molecular weight is 388 g/mol. The van der Waals surface area contributed by atoms with E-state index in [1.54, 1.807) is 12.1 Å². The first-order chi connectivity index (χ1) is 9.47. The number of rotatable bonds is 4. The van der Waals surface area contributed by atoms with Crippen molar-refractivity contribution >= 4 is 28.4 Å². The zero-order valence-electron chi connectivity index (χ0n) is 10.6. The Balaban J connectivity index is 2.14. The normalized spacial score (nSPS) is 12.0. The lowest BCUT2D eigenvalue weighted by Crippen LogP contribution is -2.24. The highest BCUT2D eigenvalue weighted by atomic mass is 127. The van der Waals surface area contributed by atoms with Gasteiger partial charge in [0.05, 0.1) is 5.56 Å². The van der Waals surface area contributed by atoms with Gasteiger partial charge in [-0.05, 0) is 65.9 Å². The number of carbonyl (C=O) groups is 1. The average Bonchev–Trinajstić information content (AvgIpc) is 2.40. The third-order valence-corrected chi connectivity index (χ3v) is 3.41. The van der Waals surface area contributed by atoms with Crippen LogP contribution in [0.15, 0.2) is 42.5 Å². The lowest BCUT2D eigenvalue weighted by atomic mass is 10.1. The summed E-state index contributed by atoms with van der Waals surface area (Å²) in [4.78, 5) is 12.1. The number of benzene rings is 2. The minimum Gasteiger partial charge on any atom is -0.483 e. The van der Waals surface area contributed by atoms with Crippen molar-refractivity contribution in [3.05, 3.63) is 63.2 Å². The van der Waals surface area contributed by atoms with Gasteiger partial charge in [0.15, 0.2) is 6.10 Å². The first kappa shape index (κ1) is 14.9. The molecule has 0 heterocycles. The molecule has 5 heteroatoms. The summed E-state index contributed by atoms with van der Waals surface area (Å²) in [5.41, 5.74) is -0.176. The topological polar surface area (TPSA) is 26.3 Å². The molecule has 0 aromatic heterocycles. The molecule has 0 fully saturated rings. The van der Waals surface area contributed by atoms with E-state index in [0.717, 1.165) is 15.7 Å². The van der Waals surface area contributed by atoms with Crippen molar-refractivity contribution in [3.8, 4) is 5.75 Å². The summed E-state index contributed by atoms with van der Waals surface area (Å²) in [5, 5.41) is 0. The van der Waals surface area contributed by atoms with Crippen molar-refractivity contribution in [1.82, 2.24) is 0 Å². The van der Waals surface area contributed by atoms with E-state index in [-0.39, 0.29) is 5.56 Å². The molecule has 2 aromatic carbocycles. The van der Waals surface area contributed by atoms with Crippen LogP contribution in [0.2, 0.25) is 0 Å². The van der Waals surface area contributed by atoms with E-state index in [1.165, 1.54) is 6.92 Å². The fourth-order valence-corrected chi connectivity index (χ4v) is 2.04. The predicted octanol–water partition coefficient (Wildman–Crippen LogP) is 4.22. The molecule has 1 unspecified atom stereocenters. The Kier molecular flexibility index (Phi) is 4.69. The third-order valence-electron chi connectivity index (χ3n) is 2.69.